The Morgan fingerprint density at radius 2 is 2.35 bits per heavy atom. The normalized spacial score (nSPS) is 24.4. The average molecular weight is 256 g/mol. The van der Waals surface area contributed by atoms with E-state index >= 15 is 0 Å². The molecule has 0 radical (unpaired) electrons. The van der Waals surface area contributed by atoms with Crippen molar-refractivity contribution in [2.75, 3.05) is 13.1 Å². The summed E-state index contributed by atoms with van der Waals surface area (Å²) in [5.74, 6) is 1.30. The molecule has 1 aromatic rings. The molecular weight excluding hydrogens is 234 g/mol. The lowest BCUT2D eigenvalue weighted by molar-refractivity contribution is 0.428. The highest BCUT2D eigenvalue weighted by molar-refractivity contribution is 6.31. The van der Waals surface area contributed by atoms with Gasteiger partial charge in [0.15, 0.2) is 0 Å². The van der Waals surface area contributed by atoms with E-state index in [9.17, 15) is 0 Å². The SMILES string of the molecule is CCCNCC1CCCC1c1c(Cl)cnn1C. The van der Waals surface area contributed by atoms with E-state index in [0.29, 0.717) is 5.92 Å². The Morgan fingerprint density at radius 3 is 3.00 bits per heavy atom. The summed E-state index contributed by atoms with van der Waals surface area (Å²) < 4.78 is 1.95. The van der Waals surface area contributed by atoms with Gasteiger partial charge in [0.25, 0.3) is 0 Å². The third-order valence-corrected chi connectivity index (χ3v) is 4.07. The predicted molar refractivity (Wildman–Crippen MR) is 71.5 cm³/mol. The molecule has 0 saturated heterocycles. The molecule has 2 unspecified atom stereocenters. The van der Waals surface area contributed by atoms with E-state index < -0.39 is 0 Å². The van der Waals surface area contributed by atoms with Crippen LogP contribution in [-0.2, 0) is 7.05 Å². The summed E-state index contributed by atoms with van der Waals surface area (Å²) in [7, 11) is 2.00. The topological polar surface area (TPSA) is 29.9 Å². The average Bonchev–Trinajstić information content (AvgIpc) is 2.87. The highest BCUT2D eigenvalue weighted by atomic mass is 35.5. The van der Waals surface area contributed by atoms with Gasteiger partial charge in [-0.25, -0.2) is 0 Å². The molecule has 2 atom stereocenters. The molecule has 3 nitrogen and oxygen atoms in total. The van der Waals surface area contributed by atoms with Crippen LogP contribution in [0.4, 0.5) is 0 Å². The summed E-state index contributed by atoms with van der Waals surface area (Å²) in [6.07, 6.45) is 6.83. The molecule has 0 aliphatic heterocycles. The molecule has 0 aromatic carbocycles. The van der Waals surface area contributed by atoms with Crippen LogP contribution in [0.1, 0.15) is 44.2 Å². The number of aryl methyl sites for hydroxylation is 1. The maximum Gasteiger partial charge on any atom is 0.0820 e. The molecule has 1 aliphatic carbocycles. The first kappa shape index (κ1) is 12.9. The van der Waals surface area contributed by atoms with Gasteiger partial charge in [0.05, 0.1) is 16.9 Å². The number of nitrogens with zero attached hydrogens (tertiary/aromatic N) is 2. The highest BCUT2D eigenvalue weighted by Crippen LogP contribution is 2.41. The molecule has 17 heavy (non-hydrogen) atoms. The minimum atomic E-state index is 0.583. The van der Waals surface area contributed by atoms with E-state index in [2.05, 4.69) is 17.3 Å². The van der Waals surface area contributed by atoms with Gasteiger partial charge < -0.3 is 5.32 Å². The van der Waals surface area contributed by atoms with Crippen LogP contribution in [0, 0.1) is 5.92 Å². The zero-order chi connectivity index (χ0) is 12.3. The molecule has 1 aromatic heterocycles. The van der Waals surface area contributed by atoms with Gasteiger partial charge in [0.2, 0.25) is 0 Å². The number of hydrogen-bond donors (Lipinski definition) is 1. The van der Waals surface area contributed by atoms with Gasteiger partial charge in [0.1, 0.15) is 0 Å². The van der Waals surface area contributed by atoms with Crippen LogP contribution in [0.15, 0.2) is 6.20 Å². The maximum absolute atomic E-state index is 6.25. The summed E-state index contributed by atoms with van der Waals surface area (Å²) in [6, 6.07) is 0. The van der Waals surface area contributed by atoms with Crippen molar-refractivity contribution < 1.29 is 0 Å². The molecule has 0 spiro atoms. The third-order valence-electron chi connectivity index (χ3n) is 3.78. The van der Waals surface area contributed by atoms with Gasteiger partial charge in [-0.3, -0.25) is 4.68 Å². The van der Waals surface area contributed by atoms with Crippen LogP contribution in [0.5, 0.6) is 0 Å². The minimum absolute atomic E-state index is 0.583. The smallest absolute Gasteiger partial charge is 0.0820 e. The largest absolute Gasteiger partial charge is 0.316 e. The van der Waals surface area contributed by atoms with Crippen molar-refractivity contribution in [1.29, 1.82) is 0 Å². The van der Waals surface area contributed by atoms with Crippen LogP contribution in [0.3, 0.4) is 0 Å². The van der Waals surface area contributed by atoms with Crippen molar-refractivity contribution in [3.63, 3.8) is 0 Å². The second-order valence-corrected chi connectivity index (χ2v) is 5.41. The van der Waals surface area contributed by atoms with Crippen LogP contribution >= 0.6 is 11.6 Å². The fraction of sp³-hybridized carbons (Fsp3) is 0.769. The third kappa shape index (κ3) is 2.83. The first-order valence-electron chi connectivity index (χ1n) is 6.62. The molecule has 1 saturated carbocycles. The summed E-state index contributed by atoms with van der Waals surface area (Å²) in [4.78, 5) is 0. The van der Waals surface area contributed by atoms with Crippen LogP contribution in [0.2, 0.25) is 5.02 Å². The zero-order valence-electron chi connectivity index (χ0n) is 10.7. The molecule has 2 rings (SSSR count). The monoisotopic (exact) mass is 255 g/mol. The second kappa shape index (κ2) is 5.87. The van der Waals surface area contributed by atoms with Crippen molar-refractivity contribution in [2.45, 2.75) is 38.5 Å². The van der Waals surface area contributed by atoms with E-state index in [0.717, 1.165) is 24.0 Å². The van der Waals surface area contributed by atoms with Crippen molar-refractivity contribution in [2.24, 2.45) is 13.0 Å². The molecule has 0 bridgehead atoms. The lowest BCUT2D eigenvalue weighted by Gasteiger charge is -2.20. The van der Waals surface area contributed by atoms with Crippen LogP contribution in [0.25, 0.3) is 0 Å². The lowest BCUT2D eigenvalue weighted by Crippen LogP contribution is -2.26. The van der Waals surface area contributed by atoms with Crippen molar-refractivity contribution >= 4 is 11.6 Å². The van der Waals surface area contributed by atoms with Gasteiger partial charge >= 0.3 is 0 Å². The quantitative estimate of drug-likeness (QED) is 0.820. The molecule has 1 fully saturated rings. The summed E-state index contributed by atoms with van der Waals surface area (Å²) >= 11 is 6.25. The molecule has 4 heteroatoms. The van der Waals surface area contributed by atoms with E-state index in [1.165, 1.54) is 31.4 Å². The fourth-order valence-electron chi connectivity index (χ4n) is 2.94. The lowest BCUT2D eigenvalue weighted by atomic mass is 9.92. The number of halogens is 1. The van der Waals surface area contributed by atoms with Gasteiger partial charge in [-0.1, -0.05) is 24.9 Å². The number of rotatable bonds is 5. The first-order valence-corrected chi connectivity index (χ1v) is 7.00. The molecule has 1 heterocycles. The summed E-state index contributed by atoms with van der Waals surface area (Å²) in [5.41, 5.74) is 1.23. The van der Waals surface area contributed by atoms with Gasteiger partial charge in [-0.15, -0.1) is 0 Å². The Kier molecular flexibility index (Phi) is 4.46. The van der Waals surface area contributed by atoms with E-state index in [4.69, 9.17) is 11.6 Å². The Labute approximate surface area is 109 Å². The Morgan fingerprint density at radius 1 is 1.53 bits per heavy atom. The molecule has 1 aliphatic rings. The highest BCUT2D eigenvalue weighted by Gasteiger charge is 2.31. The fourth-order valence-corrected chi connectivity index (χ4v) is 3.25. The van der Waals surface area contributed by atoms with Crippen molar-refractivity contribution in [1.82, 2.24) is 15.1 Å². The number of aromatic nitrogens is 2. The second-order valence-electron chi connectivity index (χ2n) is 5.00. The maximum atomic E-state index is 6.25. The van der Waals surface area contributed by atoms with Crippen LogP contribution < -0.4 is 5.32 Å². The number of nitrogens with one attached hydrogen (secondary N) is 1. The summed E-state index contributed by atoms with van der Waals surface area (Å²) in [5, 5.41) is 8.62. The molecular formula is C13H22ClN3. The predicted octanol–water partition coefficient (Wildman–Crippen LogP) is 2.96. The molecule has 0 amide bonds. The Bertz CT molecular complexity index is 342. The van der Waals surface area contributed by atoms with Gasteiger partial charge in [0, 0.05) is 13.0 Å². The van der Waals surface area contributed by atoms with Crippen LogP contribution in [-0.4, -0.2) is 22.9 Å². The minimum Gasteiger partial charge on any atom is -0.316 e. The van der Waals surface area contributed by atoms with Crippen molar-refractivity contribution in [3.05, 3.63) is 16.9 Å². The first-order chi connectivity index (χ1) is 8.24. The van der Waals surface area contributed by atoms with E-state index in [1.807, 2.05) is 11.7 Å². The van der Waals surface area contributed by atoms with E-state index in [1.54, 1.807) is 6.20 Å². The van der Waals surface area contributed by atoms with Crippen molar-refractivity contribution in [3.8, 4) is 0 Å². The number of hydrogen-bond acceptors (Lipinski definition) is 2. The van der Waals surface area contributed by atoms with Gasteiger partial charge in [-0.05, 0) is 38.3 Å². The Hall–Kier alpha value is -0.540. The van der Waals surface area contributed by atoms with E-state index in [-0.39, 0.29) is 0 Å². The zero-order valence-corrected chi connectivity index (χ0v) is 11.5. The Balaban J connectivity index is 2.04. The summed E-state index contributed by atoms with van der Waals surface area (Å²) in [6.45, 7) is 4.43. The molecule has 96 valence electrons. The standard InChI is InChI=1S/C13H22ClN3/c1-3-7-15-8-10-5-4-6-11(10)13-12(14)9-16-17(13)2/h9-11,15H,3-8H2,1-2H3. The molecule has 1 N–H and O–H groups in total. The van der Waals surface area contributed by atoms with Gasteiger partial charge in [-0.2, -0.15) is 5.10 Å².